The molecule has 0 aliphatic heterocycles. The second-order valence-corrected chi connectivity index (χ2v) is 6.37. The first kappa shape index (κ1) is 15.2. The van der Waals surface area contributed by atoms with Gasteiger partial charge in [-0.15, -0.1) is 0 Å². The highest BCUT2D eigenvalue weighted by molar-refractivity contribution is 5.84. The Labute approximate surface area is 123 Å². The first-order valence-electron chi connectivity index (χ1n) is 7.97. The van der Waals surface area contributed by atoms with Crippen molar-refractivity contribution in [3.05, 3.63) is 35.9 Å². The van der Waals surface area contributed by atoms with Crippen LogP contribution in [0.25, 0.3) is 0 Å². The van der Waals surface area contributed by atoms with Crippen LogP contribution in [0.3, 0.4) is 0 Å². The number of hydrogen-bond acceptors (Lipinski definition) is 2. The number of carbonyl (C=O) groups excluding carboxylic acids is 1. The zero-order valence-corrected chi connectivity index (χ0v) is 12.8. The first-order chi connectivity index (χ1) is 9.66. The largest absolute Gasteiger partial charge is 0.298 e. The number of nitrogens with zero attached hydrogens (tertiary/aromatic N) is 1. The highest BCUT2D eigenvalue weighted by Crippen LogP contribution is 2.22. The van der Waals surface area contributed by atoms with Crippen LogP contribution in [-0.4, -0.2) is 23.3 Å². The zero-order valence-electron chi connectivity index (χ0n) is 12.8. The van der Waals surface area contributed by atoms with E-state index in [0.29, 0.717) is 11.7 Å². The van der Waals surface area contributed by atoms with Gasteiger partial charge in [0.05, 0.1) is 6.04 Å². The normalized spacial score (nSPS) is 19.8. The molecular weight excluding hydrogens is 246 g/mol. The number of carbonyl (C=O) groups is 1. The van der Waals surface area contributed by atoms with Crippen molar-refractivity contribution in [2.45, 2.75) is 58.5 Å². The predicted molar refractivity (Wildman–Crippen MR) is 83.6 cm³/mol. The molecule has 2 rings (SSSR count). The van der Waals surface area contributed by atoms with Gasteiger partial charge in [0.15, 0.2) is 0 Å². The molecule has 110 valence electrons. The molecule has 1 aromatic rings. The molecule has 1 aliphatic rings. The van der Waals surface area contributed by atoms with Crippen molar-refractivity contribution in [3.8, 4) is 0 Å². The van der Waals surface area contributed by atoms with Crippen LogP contribution in [-0.2, 0) is 11.3 Å². The van der Waals surface area contributed by atoms with Crippen LogP contribution >= 0.6 is 0 Å². The van der Waals surface area contributed by atoms with E-state index < -0.39 is 0 Å². The maximum absolute atomic E-state index is 12.2. The molecule has 1 saturated carbocycles. The van der Waals surface area contributed by atoms with Crippen LogP contribution in [0.4, 0.5) is 0 Å². The zero-order chi connectivity index (χ0) is 14.4. The molecule has 0 spiro atoms. The van der Waals surface area contributed by atoms with E-state index in [1.165, 1.54) is 12.0 Å². The average molecular weight is 273 g/mol. The lowest BCUT2D eigenvalue weighted by Crippen LogP contribution is -2.43. The van der Waals surface area contributed by atoms with E-state index in [1.54, 1.807) is 0 Å². The minimum absolute atomic E-state index is 0.155. The van der Waals surface area contributed by atoms with Crippen molar-refractivity contribution >= 4 is 5.78 Å². The molecule has 2 nitrogen and oxygen atoms in total. The van der Waals surface area contributed by atoms with Gasteiger partial charge in [-0.05, 0) is 37.3 Å². The van der Waals surface area contributed by atoms with E-state index >= 15 is 0 Å². The van der Waals surface area contributed by atoms with Gasteiger partial charge in [0, 0.05) is 13.0 Å². The van der Waals surface area contributed by atoms with Crippen LogP contribution in [0.2, 0.25) is 0 Å². The molecule has 1 aromatic carbocycles. The average Bonchev–Trinajstić information content (AvgIpc) is 2.45. The quantitative estimate of drug-likeness (QED) is 0.779. The summed E-state index contributed by atoms with van der Waals surface area (Å²) in [5.74, 6) is 1.14. The van der Waals surface area contributed by atoms with Crippen LogP contribution in [0.5, 0.6) is 0 Å². The molecule has 0 radical (unpaired) electrons. The molecule has 0 heterocycles. The maximum atomic E-state index is 12.2. The Bertz CT molecular complexity index is 413. The molecule has 1 atom stereocenters. The topological polar surface area (TPSA) is 20.3 Å². The van der Waals surface area contributed by atoms with Crippen molar-refractivity contribution < 1.29 is 4.79 Å². The highest BCUT2D eigenvalue weighted by Gasteiger charge is 2.28. The second-order valence-electron chi connectivity index (χ2n) is 6.37. The Hall–Kier alpha value is -1.15. The first-order valence-corrected chi connectivity index (χ1v) is 7.97. The van der Waals surface area contributed by atoms with Gasteiger partial charge >= 0.3 is 0 Å². The Balaban J connectivity index is 2.05. The monoisotopic (exact) mass is 273 g/mol. The standard InChI is InChI=1S/C18H27NO/c1-15(2)12-13-19(14-16-8-4-3-5-9-16)17-10-6-7-11-18(17)20/h3-5,8-9,15,17H,6-7,10-14H2,1-2H3. The van der Waals surface area contributed by atoms with Gasteiger partial charge in [0.2, 0.25) is 0 Å². The minimum atomic E-state index is 0.155. The van der Waals surface area contributed by atoms with Crippen LogP contribution in [0.1, 0.15) is 51.5 Å². The molecule has 1 unspecified atom stereocenters. The number of hydrogen-bond donors (Lipinski definition) is 0. The van der Waals surface area contributed by atoms with Crippen molar-refractivity contribution in [2.24, 2.45) is 5.92 Å². The van der Waals surface area contributed by atoms with E-state index in [9.17, 15) is 4.79 Å². The fourth-order valence-electron chi connectivity index (χ4n) is 2.94. The smallest absolute Gasteiger partial charge is 0.149 e. The minimum Gasteiger partial charge on any atom is -0.298 e. The molecular formula is C18H27NO. The number of benzene rings is 1. The molecule has 0 bridgehead atoms. The van der Waals surface area contributed by atoms with Crippen LogP contribution < -0.4 is 0 Å². The molecule has 20 heavy (non-hydrogen) atoms. The van der Waals surface area contributed by atoms with Crippen molar-refractivity contribution in [1.29, 1.82) is 0 Å². The number of Topliss-reactive ketones (excluding diaryl/α,β-unsaturated/α-hetero) is 1. The van der Waals surface area contributed by atoms with E-state index in [-0.39, 0.29) is 6.04 Å². The molecule has 0 saturated heterocycles. The lowest BCUT2D eigenvalue weighted by molar-refractivity contribution is -0.126. The molecule has 0 amide bonds. The molecule has 1 aliphatic carbocycles. The van der Waals surface area contributed by atoms with Gasteiger partial charge < -0.3 is 0 Å². The van der Waals surface area contributed by atoms with Gasteiger partial charge in [-0.2, -0.15) is 0 Å². The fraction of sp³-hybridized carbons (Fsp3) is 0.611. The van der Waals surface area contributed by atoms with Crippen LogP contribution in [0, 0.1) is 5.92 Å². The van der Waals surface area contributed by atoms with E-state index in [1.807, 2.05) is 6.07 Å². The number of ketones is 1. The highest BCUT2D eigenvalue weighted by atomic mass is 16.1. The van der Waals surface area contributed by atoms with E-state index in [0.717, 1.165) is 38.8 Å². The van der Waals surface area contributed by atoms with Gasteiger partial charge in [-0.25, -0.2) is 0 Å². The summed E-state index contributed by atoms with van der Waals surface area (Å²) in [5, 5.41) is 0. The lowest BCUT2D eigenvalue weighted by Gasteiger charge is -2.33. The van der Waals surface area contributed by atoms with Crippen LogP contribution in [0.15, 0.2) is 30.3 Å². The fourth-order valence-corrected chi connectivity index (χ4v) is 2.94. The Kier molecular flexibility index (Phi) is 5.78. The lowest BCUT2D eigenvalue weighted by atomic mass is 9.92. The van der Waals surface area contributed by atoms with Crippen molar-refractivity contribution in [3.63, 3.8) is 0 Å². The molecule has 0 N–H and O–H groups in total. The van der Waals surface area contributed by atoms with Gasteiger partial charge in [-0.1, -0.05) is 50.6 Å². The third kappa shape index (κ3) is 4.45. The third-order valence-electron chi connectivity index (χ3n) is 4.19. The summed E-state index contributed by atoms with van der Waals surface area (Å²) in [4.78, 5) is 14.6. The summed E-state index contributed by atoms with van der Waals surface area (Å²) in [5.41, 5.74) is 1.31. The predicted octanol–water partition coefficient (Wildman–Crippen LogP) is 4.05. The maximum Gasteiger partial charge on any atom is 0.149 e. The Morgan fingerprint density at radius 1 is 1.20 bits per heavy atom. The summed E-state index contributed by atoms with van der Waals surface area (Å²) in [6.45, 7) is 6.44. The van der Waals surface area contributed by atoms with Gasteiger partial charge in [-0.3, -0.25) is 9.69 Å². The van der Waals surface area contributed by atoms with Gasteiger partial charge in [0.1, 0.15) is 5.78 Å². The van der Waals surface area contributed by atoms with E-state index in [2.05, 4.69) is 43.0 Å². The Morgan fingerprint density at radius 3 is 2.60 bits per heavy atom. The number of rotatable bonds is 6. The summed E-state index contributed by atoms with van der Waals surface area (Å²) in [7, 11) is 0. The summed E-state index contributed by atoms with van der Waals surface area (Å²) in [6, 6.07) is 10.7. The summed E-state index contributed by atoms with van der Waals surface area (Å²) >= 11 is 0. The summed E-state index contributed by atoms with van der Waals surface area (Å²) in [6.07, 6.45) is 5.26. The van der Waals surface area contributed by atoms with Gasteiger partial charge in [0.25, 0.3) is 0 Å². The Morgan fingerprint density at radius 2 is 1.95 bits per heavy atom. The molecule has 2 heteroatoms. The van der Waals surface area contributed by atoms with E-state index in [4.69, 9.17) is 0 Å². The SMILES string of the molecule is CC(C)CCN(Cc1ccccc1)C1CCCCC1=O. The third-order valence-corrected chi connectivity index (χ3v) is 4.19. The second kappa shape index (κ2) is 7.58. The molecule has 1 fully saturated rings. The molecule has 0 aromatic heterocycles. The van der Waals surface area contributed by atoms with Crippen molar-refractivity contribution in [2.75, 3.05) is 6.54 Å². The summed E-state index contributed by atoms with van der Waals surface area (Å²) < 4.78 is 0. The van der Waals surface area contributed by atoms with Crippen molar-refractivity contribution in [1.82, 2.24) is 4.90 Å².